The quantitative estimate of drug-likeness (QED) is 0.657. The van der Waals surface area contributed by atoms with E-state index in [1.807, 2.05) is 0 Å². The van der Waals surface area contributed by atoms with Gasteiger partial charge in [-0.2, -0.15) is 5.10 Å². The van der Waals surface area contributed by atoms with E-state index in [9.17, 15) is 13.2 Å². The number of nitrogens with one attached hydrogen (secondary N) is 2. The molecule has 0 saturated carbocycles. The van der Waals surface area contributed by atoms with Crippen LogP contribution < -0.4 is 10.0 Å². The molecule has 140 valence electrons. The summed E-state index contributed by atoms with van der Waals surface area (Å²) in [5.41, 5.74) is 0.796. The van der Waals surface area contributed by atoms with Crippen LogP contribution in [-0.2, 0) is 14.8 Å². The van der Waals surface area contributed by atoms with Crippen molar-refractivity contribution in [1.29, 1.82) is 0 Å². The molecule has 9 heteroatoms. The van der Waals surface area contributed by atoms with E-state index < -0.39 is 16.1 Å². The highest BCUT2D eigenvalue weighted by Crippen LogP contribution is 2.21. The molecule has 0 aliphatic rings. The number of nitrogens with zero attached hydrogens (tertiary/aromatic N) is 2. The van der Waals surface area contributed by atoms with Crippen LogP contribution in [0, 0.1) is 0 Å². The first-order valence-electron chi connectivity index (χ1n) is 8.03. The molecule has 0 aliphatic carbocycles. The normalized spacial score (nSPS) is 12.4. The lowest BCUT2D eigenvalue weighted by atomic mass is 10.2. The van der Waals surface area contributed by atoms with Gasteiger partial charge in [-0.25, -0.2) is 8.42 Å². The third kappa shape index (κ3) is 4.66. The molecule has 0 aliphatic heterocycles. The molecule has 2 N–H and O–H groups in total. The largest absolute Gasteiger partial charge is 0.324 e. The standard InChI is InChI=1S/C18H17ClN4O3S/c1-13(23-11-3-10-20-23)18(24)21-15-4-2-5-16(12-15)22-27(25,26)17-8-6-14(19)7-9-17/h2-13,22H,1H3,(H,21,24)/t13-/m0/s1. The second-order valence-electron chi connectivity index (χ2n) is 5.79. The first kappa shape index (κ1) is 18.9. The molecular weight excluding hydrogens is 388 g/mol. The van der Waals surface area contributed by atoms with Gasteiger partial charge in [0.2, 0.25) is 5.91 Å². The van der Waals surface area contributed by atoms with Crippen LogP contribution in [0.2, 0.25) is 5.02 Å². The number of anilines is 2. The van der Waals surface area contributed by atoms with Crippen LogP contribution in [0.25, 0.3) is 0 Å². The molecule has 0 spiro atoms. The Balaban J connectivity index is 1.73. The van der Waals surface area contributed by atoms with Crippen molar-refractivity contribution in [3.05, 3.63) is 72.0 Å². The van der Waals surface area contributed by atoms with E-state index >= 15 is 0 Å². The van der Waals surface area contributed by atoms with Gasteiger partial charge in [-0.1, -0.05) is 17.7 Å². The van der Waals surface area contributed by atoms with Crippen molar-refractivity contribution >= 4 is 38.9 Å². The van der Waals surface area contributed by atoms with Crippen molar-refractivity contribution < 1.29 is 13.2 Å². The summed E-state index contributed by atoms with van der Waals surface area (Å²) in [5.74, 6) is -0.267. The summed E-state index contributed by atoms with van der Waals surface area (Å²) in [4.78, 5) is 12.4. The maximum absolute atomic E-state index is 12.5. The minimum Gasteiger partial charge on any atom is -0.324 e. The summed E-state index contributed by atoms with van der Waals surface area (Å²) >= 11 is 5.79. The number of carbonyl (C=O) groups is 1. The lowest BCUT2D eigenvalue weighted by molar-refractivity contribution is -0.119. The molecule has 7 nitrogen and oxygen atoms in total. The zero-order valence-corrected chi connectivity index (χ0v) is 15.9. The molecule has 0 fully saturated rings. The minimum absolute atomic E-state index is 0.0913. The van der Waals surface area contributed by atoms with E-state index in [1.165, 1.54) is 28.9 Å². The van der Waals surface area contributed by atoms with Gasteiger partial charge in [0.1, 0.15) is 6.04 Å². The molecule has 0 bridgehead atoms. The molecule has 0 saturated heterocycles. The van der Waals surface area contributed by atoms with Gasteiger partial charge in [0, 0.05) is 23.1 Å². The zero-order valence-electron chi connectivity index (χ0n) is 14.3. The van der Waals surface area contributed by atoms with Gasteiger partial charge < -0.3 is 5.32 Å². The van der Waals surface area contributed by atoms with E-state index in [2.05, 4.69) is 15.1 Å². The van der Waals surface area contributed by atoms with Gasteiger partial charge in [0.25, 0.3) is 10.0 Å². The molecular formula is C18H17ClN4O3S. The average molecular weight is 405 g/mol. The van der Waals surface area contributed by atoms with Crippen molar-refractivity contribution in [3.63, 3.8) is 0 Å². The van der Waals surface area contributed by atoms with Crippen LogP contribution in [0.15, 0.2) is 71.9 Å². The Labute approximate surface area is 162 Å². The fourth-order valence-corrected chi connectivity index (χ4v) is 3.54. The van der Waals surface area contributed by atoms with E-state index in [1.54, 1.807) is 49.6 Å². The Bertz CT molecular complexity index is 1030. The Morgan fingerprint density at radius 3 is 2.48 bits per heavy atom. The maximum atomic E-state index is 12.5. The van der Waals surface area contributed by atoms with Crippen LogP contribution in [0.5, 0.6) is 0 Å². The SMILES string of the molecule is C[C@@H](C(=O)Nc1cccc(NS(=O)(=O)c2ccc(Cl)cc2)c1)n1cccn1. The van der Waals surface area contributed by atoms with E-state index in [4.69, 9.17) is 11.6 Å². The van der Waals surface area contributed by atoms with Crippen molar-refractivity contribution in [2.45, 2.75) is 17.9 Å². The van der Waals surface area contributed by atoms with Crippen LogP contribution in [0.1, 0.15) is 13.0 Å². The van der Waals surface area contributed by atoms with E-state index in [-0.39, 0.29) is 10.8 Å². The van der Waals surface area contributed by atoms with Crippen molar-refractivity contribution in [2.24, 2.45) is 0 Å². The Morgan fingerprint density at radius 1 is 1.11 bits per heavy atom. The highest BCUT2D eigenvalue weighted by atomic mass is 35.5. The zero-order chi connectivity index (χ0) is 19.4. The van der Waals surface area contributed by atoms with Crippen molar-refractivity contribution in [2.75, 3.05) is 10.0 Å². The number of carbonyl (C=O) groups excluding carboxylic acids is 1. The van der Waals surface area contributed by atoms with Gasteiger partial charge in [0.15, 0.2) is 0 Å². The summed E-state index contributed by atoms with van der Waals surface area (Å²) in [7, 11) is -3.76. The van der Waals surface area contributed by atoms with Crippen LogP contribution in [0.4, 0.5) is 11.4 Å². The number of amides is 1. The molecule has 1 aromatic heterocycles. The molecule has 0 unspecified atom stereocenters. The van der Waals surface area contributed by atoms with E-state index in [0.29, 0.717) is 16.4 Å². The second-order valence-corrected chi connectivity index (χ2v) is 7.91. The number of hydrogen-bond acceptors (Lipinski definition) is 4. The predicted molar refractivity (Wildman–Crippen MR) is 104 cm³/mol. The third-order valence-electron chi connectivity index (χ3n) is 3.81. The van der Waals surface area contributed by atoms with Crippen LogP contribution in [0.3, 0.4) is 0 Å². The van der Waals surface area contributed by atoms with Gasteiger partial charge in [-0.15, -0.1) is 0 Å². The number of rotatable bonds is 6. The first-order chi connectivity index (χ1) is 12.8. The van der Waals surface area contributed by atoms with Gasteiger partial charge in [-0.3, -0.25) is 14.2 Å². The number of sulfonamides is 1. The monoisotopic (exact) mass is 404 g/mol. The molecule has 3 aromatic rings. The summed E-state index contributed by atoms with van der Waals surface area (Å²) in [5, 5.41) is 7.24. The summed E-state index contributed by atoms with van der Waals surface area (Å²) in [6.07, 6.45) is 3.29. The fraction of sp³-hybridized carbons (Fsp3) is 0.111. The molecule has 3 rings (SSSR count). The summed E-state index contributed by atoms with van der Waals surface area (Å²) in [6, 6.07) is 13.5. The highest BCUT2D eigenvalue weighted by molar-refractivity contribution is 7.92. The topological polar surface area (TPSA) is 93.1 Å². The van der Waals surface area contributed by atoms with Crippen molar-refractivity contribution in [3.8, 4) is 0 Å². The first-order valence-corrected chi connectivity index (χ1v) is 9.90. The van der Waals surface area contributed by atoms with Gasteiger partial charge in [0.05, 0.1) is 10.6 Å². The van der Waals surface area contributed by atoms with Crippen LogP contribution in [-0.4, -0.2) is 24.1 Å². The lowest BCUT2D eigenvalue weighted by Crippen LogP contribution is -2.24. The minimum atomic E-state index is -3.76. The number of hydrogen-bond donors (Lipinski definition) is 2. The second kappa shape index (κ2) is 7.81. The summed E-state index contributed by atoms with van der Waals surface area (Å²) < 4.78 is 28.9. The molecule has 27 heavy (non-hydrogen) atoms. The van der Waals surface area contributed by atoms with Crippen LogP contribution >= 0.6 is 11.6 Å². The Kier molecular flexibility index (Phi) is 5.48. The molecule has 0 radical (unpaired) electrons. The predicted octanol–water partition coefficient (Wildman–Crippen LogP) is 3.54. The van der Waals surface area contributed by atoms with Gasteiger partial charge >= 0.3 is 0 Å². The molecule has 1 atom stereocenters. The smallest absolute Gasteiger partial charge is 0.261 e. The molecule has 1 amide bonds. The molecule has 1 heterocycles. The Hall–Kier alpha value is -2.84. The van der Waals surface area contributed by atoms with Gasteiger partial charge in [-0.05, 0) is 55.5 Å². The average Bonchev–Trinajstić information content (AvgIpc) is 3.16. The third-order valence-corrected chi connectivity index (χ3v) is 5.46. The lowest BCUT2D eigenvalue weighted by Gasteiger charge is -2.14. The Morgan fingerprint density at radius 2 is 1.81 bits per heavy atom. The van der Waals surface area contributed by atoms with Crippen molar-refractivity contribution in [1.82, 2.24) is 9.78 Å². The van der Waals surface area contributed by atoms with E-state index in [0.717, 1.165) is 0 Å². The maximum Gasteiger partial charge on any atom is 0.261 e. The summed E-state index contributed by atoms with van der Waals surface area (Å²) in [6.45, 7) is 1.72. The number of halogens is 1. The molecule has 2 aromatic carbocycles. The number of benzene rings is 2. The highest BCUT2D eigenvalue weighted by Gasteiger charge is 2.17. The fourth-order valence-electron chi connectivity index (χ4n) is 2.36. The number of aromatic nitrogens is 2.